The van der Waals surface area contributed by atoms with E-state index in [1.165, 1.54) is 0 Å². The van der Waals surface area contributed by atoms with E-state index in [2.05, 4.69) is 20.9 Å². The van der Waals surface area contributed by atoms with Crippen LogP contribution in [0.4, 0.5) is 0 Å². The number of H-pyrrole nitrogens is 1. The number of para-hydroxylation sites is 1. The average Bonchev–Trinajstić information content (AvgIpc) is 2.55. The van der Waals surface area contributed by atoms with Gasteiger partial charge in [-0.2, -0.15) is 0 Å². The largest absolute Gasteiger partial charge is 0.326 e. The van der Waals surface area contributed by atoms with E-state index in [4.69, 9.17) is 0 Å². The molecule has 4 heteroatoms. The van der Waals surface area contributed by atoms with Crippen LogP contribution in [0.3, 0.4) is 0 Å². The van der Waals surface area contributed by atoms with E-state index in [1.54, 1.807) is 6.20 Å². The molecule has 0 fully saturated rings. The highest BCUT2D eigenvalue weighted by Crippen LogP contribution is 2.28. The molecular formula is C11H7BrN2O. The molecule has 0 saturated carbocycles. The van der Waals surface area contributed by atoms with Crippen LogP contribution in [0.15, 0.2) is 45.9 Å². The highest BCUT2D eigenvalue weighted by atomic mass is 79.9. The van der Waals surface area contributed by atoms with Crippen molar-refractivity contribution >= 4 is 32.3 Å². The first kappa shape index (κ1) is 8.73. The van der Waals surface area contributed by atoms with Gasteiger partial charge in [0.2, 0.25) is 0 Å². The van der Waals surface area contributed by atoms with Crippen LogP contribution in [-0.2, 0) is 0 Å². The zero-order valence-electron chi connectivity index (χ0n) is 7.70. The molecule has 1 aromatic carbocycles. The summed E-state index contributed by atoms with van der Waals surface area (Å²) in [6.45, 7) is 0. The van der Waals surface area contributed by atoms with Crippen LogP contribution >= 0.6 is 15.9 Å². The van der Waals surface area contributed by atoms with Crippen molar-refractivity contribution in [1.29, 1.82) is 0 Å². The van der Waals surface area contributed by atoms with Crippen molar-refractivity contribution in [3.63, 3.8) is 0 Å². The van der Waals surface area contributed by atoms with Crippen molar-refractivity contribution in [1.82, 2.24) is 9.38 Å². The van der Waals surface area contributed by atoms with Crippen molar-refractivity contribution in [3.8, 4) is 0 Å². The Labute approximate surface area is 93.5 Å². The van der Waals surface area contributed by atoms with Crippen LogP contribution in [0, 0.1) is 0 Å². The van der Waals surface area contributed by atoms with E-state index in [0.29, 0.717) is 5.52 Å². The average molecular weight is 263 g/mol. The molecule has 0 aliphatic carbocycles. The lowest BCUT2D eigenvalue weighted by atomic mass is 10.2. The van der Waals surface area contributed by atoms with Gasteiger partial charge < -0.3 is 9.38 Å². The fraction of sp³-hybridized carbons (Fsp3) is 0. The monoisotopic (exact) mass is 262 g/mol. The molecule has 2 heterocycles. The van der Waals surface area contributed by atoms with Crippen molar-refractivity contribution in [2.24, 2.45) is 0 Å². The molecule has 15 heavy (non-hydrogen) atoms. The van der Waals surface area contributed by atoms with Gasteiger partial charge in [0.15, 0.2) is 0 Å². The number of hydrogen-bond donors (Lipinski definition) is 1. The number of fused-ring (bicyclic) bond motifs is 3. The van der Waals surface area contributed by atoms with Crippen LogP contribution in [0.2, 0.25) is 0 Å². The Morgan fingerprint density at radius 2 is 2.07 bits per heavy atom. The molecule has 1 N–H and O–H groups in total. The molecule has 0 unspecified atom stereocenters. The lowest BCUT2D eigenvalue weighted by Crippen LogP contribution is -2.07. The lowest BCUT2D eigenvalue weighted by Gasteiger charge is -1.93. The van der Waals surface area contributed by atoms with Gasteiger partial charge in [-0.25, -0.2) is 0 Å². The minimum absolute atomic E-state index is 0.0828. The number of aromatic amines is 1. The van der Waals surface area contributed by atoms with Crippen LogP contribution in [0.1, 0.15) is 0 Å². The molecule has 0 radical (unpaired) electrons. The maximum absolute atomic E-state index is 11.7. The summed E-state index contributed by atoms with van der Waals surface area (Å²) in [5.74, 6) is 0. The lowest BCUT2D eigenvalue weighted by molar-refractivity contribution is 1.13. The Balaban J connectivity index is 2.76. The molecule has 0 aliphatic rings. The molecule has 74 valence electrons. The Morgan fingerprint density at radius 3 is 2.93 bits per heavy atom. The summed E-state index contributed by atoms with van der Waals surface area (Å²) in [6.07, 6.45) is 3.50. The Morgan fingerprint density at radius 1 is 1.27 bits per heavy atom. The van der Waals surface area contributed by atoms with E-state index in [1.807, 2.05) is 34.9 Å². The van der Waals surface area contributed by atoms with E-state index in [-0.39, 0.29) is 5.56 Å². The first-order valence-corrected chi connectivity index (χ1v) is 5.34. The molecule has 0 amide bonds. The molecular weight excluding hydrogens is 256 g/mol. The summed E-state index contributed by atoms with van der Waals surface area (Å²) in [6, 6.07) is 7.90. The fourth-order valence-corrected chi connectivity index (χ4v) is 2.55. The molecule has 3 aromatic rings. The molecule has 0 aliphatic heterocycles. The third-order valence-corrected chi connectivity index (χ3v) is 3.30. The maximum atomic E-state index is 11.7. The zero-order valence-corrected chi connectivity index (χ0v) is 9.28. The number of rotatable bonds is 0. The predicted octanol–water partition coefficient (Wildman–Crippen LogP) is 2.54. The van der Waals surface area contributed by atoms with Crippen LogP contribution in [0.5, 0.6) is 0 Å². The second kappa shape index (κ2) is 2.97. The maximum Gasteiger partial charge on any atom is 0.273 e. The number of benzene rings is 1. The summed E-state index contributed by atoms with van der Waals surface area (Å²) in [5, 5.41) is 1.05. The Bertz CT molecular complexity index is 711. The van der Waals surface area contributed by atoms with E-state index < -0.39 is 0 Å². The number of aromatic nitrogens is 2. The van der Waals surface area contributed by atoms with Crippen LogP contribution < -0.4 is 5.56 Å². The van der Waals surface area contributed by atoms with Gasteiger partial charge in [-0.3, -0.25) is 4.79 Å². The first-order chi connectivity index (χ1) is 7.29. The summed E-state index contributed by atoms with van der Waals surface area (Å²) in [7, 11) is 0. The number of nitrogens with one attached hydrogen (secondary N) is 1. The smallest absolute Gasteiger partial charge is 0.273 e. The summed E-state index contributed by atoms with van der Waals surface area (Å²) < 4.78 is 2.73. The topological polar surface area (TPSA) is 37.3 Å². The highest BCUT2D eigenvalue weighted by Gasteiger charge is 2.10. The Kier molecular flexibility index (Phi) is 1.73. The quantitative estimate of drug-likeness (QED) is 0.665. The summed E-state index contributed by atoms with van der Waals surface area (Å²) >= 11 is 3.46. The van der Waals surface area contributed by atoms with Crippen molar-refractivity contribution in [3.05, 3.63) is 51.5 Å². The summed E-state index contributed by atoms with van der Waals surface area (Å²) in [4.78, 5) is 14.3. The SMILES string of the molecule is O=c1[nH]ccn2c1c(Br)c1ccccc12. The van der Waals surface area contributed by atoms with Gasteiger partial charge in [-0.05, 0) is 22.0 Å². The molecule has 0 bridgehead atoms. The van der Waals surface area contributed by atoms with Gasteiger partial charge in [0.05, 0.1) is 9.99 Å². The minimum atomic E-state index is -0.0828. The standard InChI is InChI=1S/C11H7BrN2O/c12-9-7-3-1-2-4-8(7)14-6-5-13-11(15)10(9)14/h1-6H,(H,13,15). The van der Waals surface area contributed by atoms with Crippen LogP contribution in [-0.4, -0.2) is 9.38 Å². The first-order valence-electron chi connectivity index (χ1n) is 4.55. The van der Waals surface area contributed by atoms with Gasteiger partial charge in [-0.1, -0.05) is 18.2 Å². The number of hydrogen-bond acceptors (Lipinski definition) is 1. The molecule has 3 nitrogen and oxygen atoms in total. The van der Waals surface area contributed by atoms with Gasteiger partial charge in [-0.15, -0.1) is 0 Å². The predicted molar refractivity (Wildman–Crippen MR) is 63.2 cm³/mol. The summed E-state index contributed by atoms with van der Waals surface area (Å²) in [5.41, 5.74) is 1.60. The van der Waals surface area contributed by atoms with Gasteiger partial charge in [0.25, 0.3) is 5.56 Å². The number of halogens is 1. The highest BCUT2D eigenvalue weighted by molar-refractivity contribution is 9.10. The van der Waals surface area contributed by atoms with Crippen molar-refractivity contribution in [2.45, 2.75) is 0 Å². The number of nitrogens with zero attached hydrogens (tertiary/aromatic N) is 1. The second-order valence-electron chi connectivity index (χ2n) is 3.34. The fourth-order valence-electron chi connectivity index (χ4n) is 1.84. The molecule has 3 rings (SSSR count). The van der Waals surface area contributed by atoms with E-state index >= 15 is 0 Å². The Hall–Kier alpha value is -1.55. The molecule has 0 atom stereocenters. The van der Waals surface area contributed by atoms with Gasteiger partial charge >= 0.3 is 0 Å². The molecule has 0 saturated heterocycles. The van der Waals surface area contributed by atoms with E-state index in [0.717, 1.165) is 15.4 Å². The van der Waals surface area contributed by atoms with Gasteiger partial charge in [0.1, 0.15) is 5.52 Å². The molecule has 0 spiro atoms. The zero-order chi connectivity index (χ0) is 10.4. The van der Waals surface area contributed by atoms with Crippen molar-refractivity contribution in [2.75, 3.05) is 0 Å². The normalized spacial score (nSPS) is 11.3. The van der Waals surface area contributed by atoms with E-state index in [9.17, 15) is 4.79 Å². The van der Waals surface area contributed by atoms with Crippen LogP contribution in [0.25, 0.3) is 16.4 Å². The van der Waals surface area contributed by atoms with Crippen molar-refractivity contribution < 1.29 is 0 Å². The second-order valence-corrected chi connectivity index (χ2v) is 4.13. The minimum Gasteiger partial charge on any atom is -0.326 e. The third kappa shape index (κ3) is 1.08. The van der Waals surface area contributed by atoms with Gasteiger partial charge in [0, 0.05) is 17.8 Å². The third-order valence-electron chi connectivity index (χ3n) is 2.50. The molecule has 2 aromatic heterocycles.